The lowest BCUT2D eigenvalue weighted by atomic mass is 10.1. The lowest BCUT2D eigenvalue weighted by Gasteiger charge is -2.06. The molecule has 0 saturated heterocycles. The zero-order valence-electron chi connectivity index (χ0n) is 8.91. The Morgan fingerprint density at radius 2 is 2.00 bits per heavy atom. The Labute approximate surface area is 87.1 Å². The second-order valence-electron chi connectivity index (χ2n) is 3.77. The number of rotatable bonds is 6. The lowest BCUT2D eigenvalue weighted by molar-refractivity contribution is 0.114. The largest absolute Gasteiger partial charge is 0.381 e. The van der Waals surface area contributed by atoms with E-state index in [2.05, 4.69) is 38.1 Å². The van der Waals surface area contributed by atoms with E-state index in [4.69, 9.17) is 4.74 Å². The Kier molecular flexibility index (Phi) is 5.31. The standard InChI is InChI=1S/C13H19O/c1-12(2)11-14-10-6-9-13-7-4-3-5-8-13/h3-5,7-8,12H,1,6,9-11H2,2H3. The summed E-state index contributed by atoms with van der Waals surface area (Å²) in [5, 5.41) is 0. The zero-order valence-corrected chi connectivity index (χ0v) is 8.91. The fraction of sp³-hybridized carbons (Fsp3) is 0.462. The molecule has 1 heteroatoms. The second kappa shape index (κ2) is 6.61. The van der Waals surface area contributed by atoms with Gasteiger partial charge in [-0.1, -0.05) is 37.3 Å². The molecule has 0 aliphatic heterocycles. The van der Waals surface area contributed by atoms with Crippen molar-refractivity contribution in [2.24, 2.45) is 5.92 Å². The summed E-state index contributed by atoms with van der Waals surface area (Å²) in [6, 6.07) is 10.5. The van der Waals surface area contributed by atoms with Gasteiger partial charge in [0.05, 0.1) is 0 Å². The van der Waals surface area contributed by atoms with E-state index in [1.165, 1.54) is 5.56 Å². The molecule has 0 spiro atoms. The van der Waals surface area contributed by atoms with Crippen molar-refractivity contribution in [2.45, 2.75) is 19.8 Å². The number of benzene rings is 1. The SMILES string of the molecule is [CH2]C(C)COCCCc1ccccc1. The van der Waals surface area contributed by atoms with Crippen LogP contribution in [0.1, 0.15) is 18.9 Å². The number of aryl methyl sites for hydroxylation is 1. The van der Waals surface area contributed by atoms with E-state index in [0.29, 0.717) is 5.92 Å². The van der Waals surface area contributed by atoms with Crippen molar-refractivity contribution in [3.63, 3.8) is 0 Å². The van der Waals surface area contributed by atoms with E-state index in [1.807, 2.05) is 6.07 Å². The van der Waals surface area contributed by atoms with E-state index in [0.717, 1.165) is 26.1 Å². The maximum atomic E-state index is 5.45. The van der Waals surface area contributed by atoms with Crippen LogP contribution < -0.4 is 0 Å². The highest BCUT2D eigenvalue weighted by Gasteiger charge is 1.94. The van der Waals surface area contributed by atoms with Gasteiger partial charge in [-0.2, -0.15) is 0 Å². The van der Waals surface area contributed by atoms with Crippen molar-refractivity contribution < 1.29 is 4.74 Å². The summed E-state index contributed by atoms with van der Waals surface area (Å²) in [7, 11) is 0. The van der Waals surface area contributed by atoms with E-state index in [-0.39, 0.29) is 0 Å². The molecule has 0 amide bonds. The maximum Gasteiger partial charge on any atom is 0.0491 e. The summed E-state index contributed by atoms with van der Waals surface area (Å²) in [6.07, 6.45) is 2.20. The second-order valence-corrected chi connectivity index (χ2v) is 3.77. The van der Waals surface area contributed by atoms with Crippen molar-refractivity contribution in [1.82, 2.24) is 0 Å². The highest BCUT2D eigenvalue weighted by molar-refractivity contribution is 5.14. The van der Waals surface area contributed by atoms with E-state index in [1.54, 1.807) is 0 Å². The van der Waals surface area contributed by atoms with Gasteiger partial charge in [0.25, 0.3) is 0 Å². The molecule has 77 valence electrons. The molecule has 1 unspecified atom stereocenters. The number of hydrogen-bond donors (Lipinski definition) is 0. The third-order valence-electron chi connectivity index (χ3n) is 2.00. The highest BCUT2D eigenvalue weighted by atomic mass is 16.5. The van der Waals surface area contributed by atoms with Gasteiger partial charge < -0.3 is 4.74 Å². The molecule has 1 rings (SSSR count). The Bertz CT molecular complexity index is 228. The first-order chi connectivity index (χ1) is 6.79. The molecule has 1 aromatic rings. The summed E-state index contributed by atoms with van der Waals surface area (Å²) in [5.41, 5.74) is 1.39. The van der Waals surface area contributed by atoms with Gasteiger partial charge in [-0.3, -0.25) is 0 Å². The van der Waals surface area contributed by atoms with E-state index < -0.39 is 0 Å². The molecule has 0 fully saturated rings. The molecule has 0 saturated carbocycles. The fourth-order valence-electron chi connectivity index (χ4n) is 1.31. The van der Waals surface area contributed by atoms with Gasteiger partial charge in [0.2, 0.25) is 0 Å². The average Bonchev–Trinajstić information content (AvgIpc) is 2.18. The van der Waals surface area contributed by atoms with Crippen LogP contribution in [0.3, 0.4) is 0 Å². The highest BCUT2D eigenvalue weighted by Crippen LogP contribution is 2.02. The minimum atomic E-state index is 0.395. The predicted octanol–water partition coefficient (Wildman–Crippen LogP) is 3.11. The topological polar surface area (TPSA) is 9.23 Å². The lowest BCUT2D eigenvalue weighted by Crippen LogP contribution is -2.04. The first-order valence-corrected chi connectivity index (χ1v) is 5.24. The molecule has 14 heavy (non-hydrogen) atoms. The monoisotopic (exact) mass is 191 g/mol. The van der Waals surface area contributed by atoms with Crippen molar-refractivity contribution in [3.8, 4) is 0 Å². The van der Waals surface area contributed by atoms with Crippen molar-refractivity contribution in [2.75, 3.05) is 13.2 Å². The molecule has 0 heterocycles. The third-order valence-corrected chi connectivity index (χ3v) is 2.00. The van der Waals surface area contributed by atoms with E-state index >= 15 is 0 Å². The van der Waals surface area contributed by atoms with Crippen LogP contribution in [-0.2, 0) is 11.2 Å². The third kappa shape index (κ3) is 5.03. The quantitative estimate of drug-likeness (QED) is 0.628. The van der Waals surface area contributed by atoms with Gasteiger partial charge in [0.1, 0.15) is 0 Å². The van der Waals surface area contributed by atoms with Crippen LogP contribution in [0, 0.1) is 12.8 Å². The van der Waals surface area contributed by atoms with Gasteiger partial charge in [-0.25, -0.2) is 0 Å². The Morgan fingerprint density at radius 1 is 1.29 bits per heavy atom. The summed E-state index contributed by atoms with van der Waals surface area (Å²) in [4.78, 5) is 0. The van der Waals surface area contributed by atoms with Crippen LogP contribution in [0.15, 0.2) is 30.3 Å². The molecule has 0 aromatic heterocycles. The minimum absolute atomic E-state index is 0.395. The molecule has 1 nitrogen and oxygen atoms in total. The molecular formula is C13H19O. The van der Waals surface area contributed by atoms with Crippen LogP contribution in [0.2, 0.25) is 0 Å². The van der Waals surface area contributed by atoms with Crippen LogP contribution >= 0.6 is 0 Å². The molecular weight excluding hydrogens is 172 g/mol. The molecule has 0 bridgehead atoms. The van der Waals surface area contributed by atoms with Crippen molar-refractivity contribution in [3.05, 3.63) is 42.8 Å². The fourth-order valence-corrected chi connectivity index (χ4v) is 1.31. The molecule has 0 aliphatic rings. The van der Waals surface area contributed by atoms with Gasteiger partial charge in [0, 0.05) is 13.2 Å². The van der Waals surface area contributed by atoms with Gasteiger partial charge >= 0.3 is 0 Å². The average molecular weight is 191 g/mol. The Balaban J connectivity index is 2.05. The van der Waals surface area contributed by atoms with Gasteiger partial charge in [-0.05, 0) is 31.2 Å². The maximum absolute atomic E-state index is 5.45. The van der Waals surface area contributed by atoms with Crippen LogP contribution in [0.4, 0.5) is 0 Å². The molecule has 1 aromatic carbocycles. The van der Waals surface area contributed by atoms with Crippen LogP contribution in [-0.4, -0.2) is 13.2 Å². The van der Waals surface area contributed by atoms with Crippen LogP contribution in [0.5, 0.6) is 0 Å². The van der Waals surface area contributed by atoms with Gasteiger partial charge in [0.15, 0.2) is 0 Å². The molecule has 0 N–H and O–H groups in total. The first-order valence-electron chi connectivity index (χ1n) is 5.24. The normalized spacial score (nSPS) is 10.8. The first kappa shape index (κ1) is 11.3. The smallest absolute Gasteiger partial charge is 0.0491 e. The predicted molar refractivity (Wildman–Crippen MR) is 60.1 cm³/mol. The minimum Gasteiger partial charge on any atom is -0.381 e. The summed E-state index contributed by atoms with van der Waals surface area (Å²) in [5.74, 6) is 0.395. The Hall–Kier alpha value is -0.820. The number of ether oxygens (including phenoxy) is 1. The molecule has 1 radical (unpaired) electrons. The van der Waals surface area contributed by atoms with Crippen LogP contribution in [0.25, 0.3) is 0 Å². The van der Waals surface area contributed by atoms with E-state index in [9.17, 15) is 0 Å². The molecule has 1 atom stereocenters. The van der Waals surface area contributed by atoms with Crippen molar-refractivity contribution in [1.29, 1.82) is 0 Å². The Morgan fingerprint density at radius 3 is 2.64 bits per heavy atom. The number of hydrogen-bond acceptors (Lipinski definition) is 1. The van der Waals surface area contributed by atoms with Crippen molar-refractivity contribution >= 4 is 0 Å². The molecule has 0 aliphatic carbocycles. The summed E-state index contributed by atoms with van der Waals surface area (Å²) >= 11 is 0. The summed E-state index contributed by atoms with van der Waals surface area (Å²) < 4.78 is 5.45. The zero-order chi connectivity index (χ0) is 10.2. The van der Waals surface area contributed by atoms with Gasteiger partial charge in [-0.15, -0.1) is 0 Å². The summed E-state index contributed by atoms with van der Waals surface area (Å²) in [6.45, 7) is 7.55.